The first-order valence-electron chi connectivity index (χ1n) is 7.25. The highest BCUT2D eigenvalue weighted by Gasteiger charge is 2.30. The molecular weight excluding hydrogens is 250 g/mol. The van der Waals surface area contributed by atoms with E-state index in [9.17, 15) is 0 Å². The molecule has 1 aliphatic rings. The van der Waals surface area contributed by atoms with E-state index in [4.69, 9.17) is 4.74 Å². The number of nitrogens with one attached hydrogen (secondary N) is 1. The molecule has 0 bridgehead atoms. The quantitative estimate of drug-likeness (QED) is 0.926. The van der Waals surface area contributed by atoms with E-state index in [0.29, 0.717) is 18.2 Å². The lowest BCUT2D eigenvalue weighted by Gasteiger charge is -2.37. The van der Waals surface area contributed by atoms with Gasteiger partial charge in [0.05, 0.1) is 17.7 Å². The van der Waals surface area contributed by atoms with E-state index in [0.717, 1.165) is 29.6 Å². The maximum atomic E-state index is 5.79. The fraction of sp³-hybridized carbons (Fsp3) is 0.500. The van der Waals surface area contributed by atoms with Crippen LogP contribution in [0.25, 0.3) is 10.9 Å². The zero-order valence-corrected chi connectivity index (χ0v) is 12.3. The molecule has 0 amide bonds. The second kappa shape index (κ2) is 5.37. The summed E-state index contributed by atoms with van der Waals surface area (Å²) in [5.41, 5.74) is 2.22. The Morgan fingerprint density at radius 3 is 2.80 bits per heavy atom. The number of aryl methyl sites for hydroxylation is 1. The molecule has 1 saturated carbocycles. The van der Waals surface area contributed by atoms with E-state index in [1.807, 2.05) is 6.07 Å². The molecule has 1 heterocycles. The number of hydrogen-bond acceptors (Lipinski definition) is 4. The van der Waals surface area contributed by atoms with Crippen molar-refractivity contribution in [2.24, 2.45) is 0 Å². The van der Waals surface area contributed by atoms with Crippen LogP contribution < -0.4 is 5.32 Å². The highest BCUT2D eigenvalue weighted by molar-refractivity contribution is 5.89. The first-order valence-corrected chi connectivity index (χ1v) is 7.25. The van der Waals surface area contributed by atoms with E-state index in [1.54, 1.807) is 6.33 Å². The number of rotatable bonds is 4. The standard InChI is InChI=1S/C16H21N3O/c1-10(2)20-13-7-12(8-13)19-16-14-6-11(3)4-5-15(14)17-9-18-16/h4-6,9-10,12-13H,7-8H2,1-3H3,(H,17,18,19). The summed E-state index contributed by atoms with van der Waals surface area (Å²) < 4.78 is 5.79. The Hall–Kier alpha value is -1.68. The van der Waals surface area contributed by atoms with E-state index in [-0.39, 0.29) is 0 Å². The Balaban J connectivity index is 1.71. The molecular formula is C16H21N3O. The van der Waals surface area contributed by atoms with Gasteiger partial charge in [-0.1, -0.05) is 11.6 Å². The minimum atomic E-state index is 0.309. The van der Waals surface area contributed by atoms with Crippen LogP contribution in [0.1, 0.15) is 32.3 Å². The molecule has 0 atom stereocenters. The third kappa shape index (κ3) is 2.75. The predicted octanol–water partition coefficient (Wildman–Crippen LogP) is 3.31. The summed E-state index contributed by atoms with van der Waals surface area (Å²) in [5.74, 6) is 0.937. The average Bonchev–Trinajstić information content (AvgIpc) is 2.36. The lowest BCUT2D eigenvalue weighted by molar-refractivity contribution is -0.0400. The van der Waals surface area contributed by atoms with Gasteiger partial charge >= 0.3 is 0 Å². The van der Waals surface area contributed by atoms with Crippen molar-refractivity contribution < 1.29 is 4.74 Å². The topological polar surface area (TPSA) is 47.0 Å². The maximum Gasteiger partial charge on any atom is 0.137 e. The fourth-order valence-electron chi connectivity index (χ4n) is 2.66. The molecule has 2 aromatic rings. The van der Waals surface area contributed by atoms with Gasteiger partial charge in [0.1, 0.15) is 12.1 Å². The molecule has 1 aliphatic carbocycles. The van der Waals surface area contributed by atoms with Gasteiger partial charge in [-0.05, 0) is 45.7 Å². The molecule has 0 saturated heterocycles. The van der Waals surface area contributed by atoms with Crippen molar-refractivity contribution in [2.75, 3.05) is 5.32 Å². The number of hydrogen-bond donors (Lipinski definition) is 1. The van der Waals surface area contributed by atoms with E-state index >= 15 is 0 Å². The zero-order chi connectivity index (χ0) is 14.1. The molecule has 0 unspecified atom stereocenters. The second-order valence-corrected chi connectivity index (χ2v) is 5.86. The molecule has 1 fully saturated rings. The van der Waals surface area contributed by atoms with Gasteiger partial charge in [0.25, 0.3) is 0 Å². The highest BCUT2D eigenvalue weighted by atomic mass is 16.5. The van der Waals surface area contributed by atoms with Crippen molar-refractivity contribution in [3.8, 4) is 0 Å². The van der Waals surface area contributed by atoms with Crippen molar-refractivity contribution in [3.63, 3.8) is 0 Å². The Labute approximate surface area is 119 Å². The molecule has 0 radical (unpaired) electrons. The minimum Gasteiger partial charge on any atom is -0.375 e. The average molecular weight is 271 g/mol. The Bertz CT molecular complexity index is 606. The third-order valence-corrected chi connectivity index (χ3v) is 3.69. The third-order valence-electron chi connectivity index (χ3n) is 3.69. The fourth-order valence-corrected chi connectivity index (χ4v) is 2.66. The van der Waals surface area contributed by atoms with E-state index in [2.05, 4.69) is 48.2 Å². The molecule has 106 valence electrons. The van der Waals surface area contributed by atoms with Crippen LogP contribution >= 0.6 is 0 Å². The number of ether oxygens (including phenoxy) is 1. The van der Waals surface area contributed by atoms with Crippen molar-refractivity contribution in [3.05, 3.63) is 30.1 Å². The van der Waals surface area contributed by atoms with Crippen molar-refractivity contribution in [1.82, 2.24) is 9.97 Å². The van der Waals surface area contributed by atoms with Gasteiger partial charge in [0.15, 0.2) is 0 Å². The SMILES string of the molecule is Cc1ccc2ncnc(NC3CC(OC(C)C)C3)c2c1. The second-order valence-electron chi connectivity index (χ2n) is 5.86. The maximum absolute atomic E-state index is 5.79. The van der Waals surface area contributed by atoms with E-state index < -0.39 is 0 Å². The van der Waals surface area contributed by atoms with Gasteiger partial charge in [-0.3, -0.25) is 0 Å². The molecule has 1 N–H and O–H groups in total. The van der Waals surface area contributed by atoms with Crippen LogP contribution in [0.3, 0.4) is 0 Å². The summed E-state index contributed by atoms with van der Waals surface area (Å²) in [6.45, 7) is 6.26. The van der Waals surface area contributed by atoms with Crippen LogP contribution in [0, 0.1) is 6.92 Å². The van der Waals surface area contributed by atoms with Crippen molar-refractivity contribution >= 4 is 16.7 Å². The molecule has 0 spiro atoms. The lowest BCUT2D eigenvalue weighted by atomic mass is 9.89. The Morgan fingerprint density at radius 2 is 2.05 bits per heavy atom. The van der Waals surface area contributed by atoms with Crippen LogP contribution in [0.2, 0.25) is 0 Å². The predicted molar refractivity (Wildman–Crippen MR) is 80.9 cm³/mol. The van der Waals surface area contributed by atoms with Gasteiger partial charge in [-0.2, -0.15) is 0 Å². The largest absolute Gasteiger partial charge is 0.375 e. The smallest absolute Gasteiger partial charge is 0.137 e. The monoisotopic (exact) mass is 271 g/mol. The summed E-state index contributed by atoms with van der Waals surface area (Å²) in [6.07, 6.45) is 4.43. The lowest BCUT2D eigenvalue weighted by Crippen LogP contribution is -2.42. The molecule has 4 heteroatoms. The summed E-state index contributed by atoms with van der Waals surface area (Å²) >= 11 is 0. The van der Waals surface area contributed by atoms with Gasteiger partial charge in [0.2, 0.25) is 0 Å². The number of nitrogens with zero attached hydrogens (tertiary/aromatic N) is 2. The van der Waals surface area contributed by atoms with Crippen LogP contribution in [-0.2, 0) is 4.74 Å². The molecule has 1 aromatic carbocycles. The Morgan fingerprint density at radius 1 is 1.25 bits per heavy atom. The molecule has 0 aliphatic heterocycles. The number of benzene rings is 1. The van der Waals surface area contributed by atoms with Crippen molar-refractivity contribution in [2.45, 2.75) is 51.9 Å². The first-order chi connectivity index (χ1) is 9.61. The Kier molecular flexibility index (Phi) is 3.57. The number of fused-ring (bicyclic) bond motifs is 1. The normalized spacial score (nSPS) is 22.0. The number of aromatic nitrogens is 2. The highest BCUT2D eigenvalue weighted by Crippen LogP contribution is 2.29. The van der Waals surface area contributed by atoms with Gasteiger partial charge < -0.3 is 10.1 Å². The molecule has 3 rings (SSSR count). The van der Waals surface area contributed by atoms with E-state index in [1.165, 1.54) is 5.56 Å². The first kappa shape index (κ1) is 13.3. The molecule has 20 heavy (non-hydrogen) atoms. The minimum absolute atomic E-state index is 0.309. The van der Waals surface area contributed by atoms with Gasteiger partial charge in [0, 0.05) is 11.4 Å². The van der Waals surface area contributed by atoms with Crippen LogP contribution in [-0.4, -0.2) is 28.2 Å². The summed E-state index contributed by atoms with van der Waals surface area (Å²) in [5, 5.41) is 4.62. The van der Waals surface area contributed by atoms with Crippen LogP contribution in [0.5, 0.6) is 0 Å². The van der Waals surface area contributed by atoms with Crippen molar-refractivity contribution in [1.29, 1.82) is 0 Å². The van der Waals surface area contributed by atoms with Gasteiger partial charge in [-0.25, -0.2) is 9.97 Å². The molecule has 4 nitrogen and oxygen atoms in total. The number of anilines is 1. The molecule has 1 aromatic heterocycles. The summed E-state index contributed by atoms with van der Waals surface area (Å²) in [7, 11) is 0. The van der Waals surface area contributed by atoms with Crippen LogP contribution in [0.4, 0.5) is 5.82 Å². The zero-order valence-electron chi connectivity index (χ0n) is 12.3. The summed E-state index contributed by atoms with van der Waals surface area (Å²) in [6, 6.07) is 6.72. The summed E-state index contributed by atoms with van der Waals surface area (Å²) in [4.78, 5) is 8.71. The van der Waals surface area contributed by atoms with Crippen LogP contribution in [0.15, 0.2) is 24.5 Å². The van der Waals surface area contributed by atoms with Gasteiger partial charge in [-0.15, -0.1) is 0 Å².